The van der Waals surface area contributed by atoms with Gasteiger partial charge in [-0.3, -0.25) is 9.88 Å². The van der Waals surface area contributed by atoms with E-state index in [2.05, 4.69) is 20.3 Å². The van der Waals surface area contributed by atoms with Gasteiger partial charge in [-0.15, -0.1) is 0 Å². The minimum absolute atomic E-state index is 0.268. The quantitative estimate of drug-likeness (QED) is 0.759. The molecule has 8 nitrogen and oxygen atoms in total. The molecule has 140 valence electrons. The fraction of sp³-hybridized carbons (Fsp3) is 0.500. The molecule has 3 N–H and O–H groups in total. The van der Waals surface area contributed by atoms with Crippen LogP contribution in [-0.4, -0.2) is 58.9 Å². The van der Waals surface area contributed by atoms with E-state index in [0.29, 0.717) is 17.8 Å². The second-order valence-corrected chi connectivity index (χ2v) is 6.54. The molecule has 1 atom stereocenters. The number of piperidine rings is 1. The molecule has 0 aromatic carbocycles. The van der Waals surface area contributed by atoms with Crippen LogP contribution in [0.5, 0.6) is 0 Å². The molecule has 3 rings (SSSR count). The number of hydrogen-bond acceptors (Lipinski definition) is 7. The molecule has 1 fully saturated rings. The van der Waals surface area contributed by atoms with Crippen molar-refractivity contribution in [1.29, 1.82) is 0 Å². The highest BCUT2D eigenvalue weighted by Gasteiger charge is 2.24. The summed E-state index contributed by atoms with van der Waals surface area (Å²) in [5, 5.41) is 7.93. The highest BCUT2D eigenvalue weighted by Crippen LogP contribution is 2.29. The summed E-state index contributed by atoms with van der Waals surface area (Å²) in [6.07, 6.45) is 7.23. The number of carbonyl (C=O) groups is 1. The van der Waals surface area contributed by atoms with Crippen LogP contribution in [0.2, 0.25) is 0 Å². The predicted molar refractivity (Wildman–Crippen MR) is 99.6 cm³/mol. The Balaban J connectivity index is 1.86. The number of likely N-dealkylation sites (tertiary alicyclic amines) is 1. The fourth-order valence-corrected chi connectivity index (χ4v) is 3.41. The number of rotatable bonds is 6. The zero-order chi connectivity index (χ0) is 18.5. The van der Waals surface area contributed by atoms with E-state index in [-0.39, 0.29) is 6.04 Å². The number of aryl methyl sites for hydroxylation is 1. The SMILES string of the molecule is COC(=O)c1ccncc1Nc1c(C)cnn1C1CCCN(CCN)C1. The molecule has 1 aliphatic heterocycles. The van der Waals surface area contributed by atoms with Crippen molar-refractivity contribution in [2.45, 2.75) is 25.8 Å². The van der Waals surface area contributed by atoms with Gasteiger partial charge >= 0.3 is 5.97 Å². The first-order chi connectivity index (χ1) is 12.6. The first kappa shape index (κ1) is 18.3. The van der Waals surface area contributed by atoms with Crippen LogP contribution in [0.1, 0.15) is 34.8 Å². The molecule has 3 heterocycles. The van der Waals surface area contributed by atoms with E-state index in [9.17, 15) is 4.79 Å². The Bertz CT molecular complexity index is 758. The third-order valence-electron chi connectivity index (χ3n) is 4.73. The van der Waals surface area contributed by atoms with E-state index < -0.39 is 5.97 Å². The first-order valence-corrected chi connectivity index (χ1v) is 8.90. The molecular formula is C18H26N6O2. The standard InChI is InChI=1S/C18H26N6O2/c1-13-10-21-24(14-4-3-8-23(12-14)9-6-19)17(13)22-16-11-20-7-5-15(16)18(25)26-2/h5,7,10-11,14,22H,3-4,6,8-9,12,19H2,1-2H3. The number of anilines is 2. The molecule has 0 radical (unpaired) electrons. The minimum Gasteiger partial charge on any atom is -0.465 e. The van der Waals surface area contributed by atoms with Crippen LogP contribution in [0.15, 0.2) is 24.7 Å². The van der Waals surface area contributed by atoms with Crippen molar-refractivity contribution in [3.05, 3.63) is 35.8 Å². The monoisotopic (exact) mass is 358 g/mol. The smallest absolute Gasteiger partial charge is 0.340 e. The fourth-order valence-electron chi connectivity index (χ4n) is 3.41. The number of nitrogens with two attached hydrogens (primary N) is 1. The number of pyridine rings is 1. The minimum atomic E-state index is -0.398. The van der Waals surface area contributed by atoms with Gasteiger partial charge in [0.25, 0.3) is 0 Å². The number of aromatic nitrogens is 3. The molecule has 0 bridgehead atoms. The van der Waals surface area contributed by atoms with Gasteiger partial charge in [-0.25, -0.2) is 9.48 Å². The lowest BCUT2D eigenvalue weighted by molar-refractivity contribution is 0.0602. The van der Waals surface area contributed by atoms with Gasteiger partial charge in [0, 0.05) is 31.4 Å². The van der Waals surface area contributed by atoms with Crippen LogP contribution in [0.25, 0.3) is 0 Å². The molecule has 2 aromatic heterocycles. The summed E-state index contributed by atoms with van der Waals surface area (Å²) in [5.74, 6) is 0.480. The van der Waals surface area contributed by atoms with E-state index >= 15 is 0 Å². The molecule has 2 aromatic rings. The molecule has 0 spiro atoms. The van der Waals surface area contributed by atoms with Gasteiger partial charge in [-0.1, -0.05) is 0 Å². The van der Waals surface area contributed by atoms with E-state index in [0.717, 1.165) is 43.9 Å². The Morgan fingerprint density at radius 1 is 1.46 bits per heavy atom. The number of ether oxygens (including phenoxy) is 1. The van der Waals surface area contributed by atoms with Gasteiger partial charge in [0.2, 0.25) is 0 Å². The van der Waals surface area contributed by atoms with Crippen molar-refractivity contribution in [2.24, 2.45) is 5.73 Å². The second-order valence-electron chi connectivity index (χ2n) is 6.54. The van der Waals surface area contributed by atoms with Gasteiger partial charge in [-0.2, -0.15) is 5.10 Å². The van der Waals surface area contributed by atoms with Crippen LogP contribution < -0.4 is 11.1 Å². The van der Waals surface area contributed by atoms with Crippen LogP contribution in [0.3, 0.4) is 0 Å². The van der Waals surface area contributed by atoms with Crippen molar-refractivity contribution in [1.82, 2.24) is 19.7 Å². The number of carbonyl (C=O) groups excluding carboxylic acids is 1. The maximum absolute atomic E-state index is 12.0. The van der Waals surface area contributed by atoms with Crippen molar-refractivity contribution in [2.75, 3.05) is 38.6 Å². The van der Waals surface area contributed by atoms with E-state index in [4.69, 9.17) is 10.5 Å². The third kappa shape index (κ3) is 3.86. The number of nitrogens with one attached hydrogen (secondary N) is 1. The second kappa shape index (κ2) is 8.29. The molecule has 0 saturated carbocycles. The lowest BCUT2D eigenvalue weighted by atomic mass is 10.1. The Kier molecular flexibility index (Phi) is 5.85. The molecule has 1 saturated heterocycles. The summed E-state index contributed by atoms with van der Waals surface area (Å²) in [5.41, 5.74) is 7.78. The molecule has 1 aliphatic rings. The van der Waals surface area contributed by atoms with Crippen molar-refractivity contribution >= 4 is 17.5 Å². The van der Waals surface area contributed by atoms with Crippen LogP contribution in [0.4, 0.5) is 11.5 Å². The lowest BCUT2D eigenvalue weighted by Crippen LogP contribution is -2.39. The number of esters is 1. The van der Waals surface area contributed by atoms with Gasteiger partial charge in [-0.05, 0) is 32.4 Å². The summed E-state index contributed by atoms with van der Waals surface area (Å²) in [6.45, 7) is 5.55. The van der Waals surface area contributed by atoms with Crippen LogP contribution in [-0.2, 0) is 4.74 Å². The zero-order valence-corrected chi connectivity index (χ0v) is 15.3. The summed E-state index contributed by atoms with van der Waals surface area (Å²) >= 11 is 0. The largest absolute Gasteiger partial charge is 0.465 e. The Morgan fingerprint density at radius 2 is 2.31 bits per heavy atom. The van der Waals surface area contributed by atoms with Crippen LogP contribution >= 0.6 is 0 Å². The summed E-state index contributed by atoms with van der Waals surface area (Å²) < 4.78 is 6.89. The average molecular weight is 358 g/mol. The number of methoxy groups -OCH3 is 1. The summed E-state index contributed by atoms with van der Waals surface area (Å²) in [4.78, 5) is 18.5. The molecule has 26 heavy (non-hydrogen) atoms. The molecule has 8 heteroatoms. The van der Waals surface area contributed by atoms with E-state index in [1.807, 2.05) is 17.8 Å². The summed E-state index contributed by atoms with van der Waals surface area (Å²) in [6, 6.07) is 1.91. The maximum Gasteiger partial charge on any atom is 0.340 e. The Morgan fingerprint density at radius 3 is 3.08 bits per heavy atom. The summed E-state index contributed by atoms with van der Waals surface area (Å²) in [7, 11) is 1.37. The van der Waals surface area contributed by atoms with Crippen LogP contribution in [0, 0.1) is 6.92 Å². The highest BCUT2D eigenvalue weighted by atomic mass is 16.5. The van der Waals surface area contributed by atoms with Crippen molar-refractivity contribution < 1.29 is 9.53 Å². The Labute approximate surface area is 153 Å². The molecule has 1 unspecified atom stereocenters. The molecule has 0 aliphatic carbocycles. The van der Waals surface area contributed by atoms with Gasteiger partial charge in [0.05, 0.1) is 36.8 Å². The van der Waals surface area contributed by atoms with E-state index in [1.54, 1.807) is 18.5 Å². The predicted octanol–water partition coefficient (Wildman–Crippen LogP) is 1.71. The Hall–Kier alpha value is -2.45. The van der Waals surface area contributed by atoms with Gasteiger partial charge in [0.15, 0.2) is 0 Å². The normalized spacial score (nSPS) is 17.9. The first-order valence-electron chi connectivity index (χ1n) is 8.90. The van der Waals surface area contributed by atoms with Gasteiger partial charge < -0.3 is 15.8 Å². The maximum atomic E-state index is 12.0. The van der Waals surface area contributed by atoms with Crippen molar-refractivity contribution in [3.8, 4) is 0 Å². The number of hydrogen-bond donors (Lipinski definition) is 2. The zero-order valence-electron chi connectivity index (χ0n) is 15.3. The van der Waals surface area contributed by atoms with E-state index in [1.165, 1.54) is 7.11 Å². The van der Waals surface area contributed by atoms with Crippen molar-refractivity contribution in [3.63, 3.8) is 0 Å². The third-order valence-corrected chi connectivity index (χ3v) is 4.73. The highest BCUT2D eigenvalue weighted by molar-refractivity contribution is 5.96. The topological polar surface area (TPSA) is 98.3 Å². The van der Waals surface area contributed by atoms with Gasteiger partial charge in [0.1, 0.15) is 5.82 Å². The molecule has 0 amide bonds. The average Bonchev–Trinajstić information content (AvgIpc) is 3.03. The lowest BCUT2D eigenvalue weighted by Gasteiger charge is -2.33. The molecular weight excluding hydrogens is 332 g/mol. The number of nitrogens with zero attached hydrogens (tertiary/aromatic N) is 4.